The molecule has 1 aromatic rings. The predicted octanol–water partition coefficient (Wildman–Crippen LogP) is 0.330. The average Bonchev–Trinajstić information content (AvgIpc) is 2.40. The first-order valence-corrected chi connectivity index (χ1v) is 6.52. The zero-order chi connectivity index (χ0) is 14.3. The number of aromatic hydroxyl groups is 1. The van der Waals surface area contributed by atoms with Crippen molar-refractivity contribution in [1.29, 1.82) is 0 Å². The fraction of sp³-hybridized carbons (Fsp3) is 0.500. The Morgan fingerprint density at radius 3 is 2.63 bits per heavy atom. The Labute approximate surface area is 114 Å². The van der Waals surface area contributed by atoms with Crippen LogP contribution >= 0.6 is 0 Å². The minimum absolute atomic E-state index is 0.141. The first-order chi connectivity index (χ1) is 9.02. The number of phenolic OH excluding ortho intramolecular Hbond substituents is 1. The van der Waals surface area contributed by atoms with E-state index < -0.39 is 6.04 Å². The van der Waals surface area contributed by atoms with E-state index in [4.69, 9.17) is 5.73 Å². The molecule has 1 amide bonds. The van der Waals surface area contributed by atoms with Crippen LogP contribution in [0.2, 0.25) is 0 Å². The number of amides is 1. The van der Waals surface area contributed by atoms with Crippen molar-refractivity contribution in [1.82, 2.24) is 10.2 Å². The highest BCUT2D eigenvalue weighted by Crippen LogP contribution is 2.10. The Morgan fingerprint density at radius 1 is 1.42 bits per heavy atom. The van der Waals surface area contributed by atoms with Gasteiger partial charge in [-0.05, 0) is 37.7 Å². The summed E-state index contributed by atoms with van der Waals surface area (Å²) in [7, 11) is 2.00. The van der Waals surface area contributed by atoms with Crippen LogP contribution in [0.1, 0.15) is 12.5 Å². The van der Waals surface area contributed by atoms with E-state index in [0.29, 0.717) is 13.0 Å². The van der Waals surface area contributed by atoms with E-state index >= 15 is 0 Å². The highest BCUT2D eigenvalue weighted by atomic mass is 16.3. The highest BCUT2D eigenvalue weighted by Gasteiger charge is 2.13. The summed E-state index contributed by atoms with van der Waals surface area (Å²) in [4.78, 5) is 13.9. The van der Waals surface area contributed by atoms with Gasteiger partial charge in [0.05, 0.1) is 6.04 Å². The van der Waals surface area contributed by atoms with Crippen molar-refractivity contribution in [2.24, 2.45) is 5.73 Å². The van der Waals surface area contributed by atoms with Crippen LogP contribution < -0.4 is 11.1 Å². The minimum Gasteiger partial charge on any atom is -0.508 e. The van der Waals surface area contributed by atoms with Gasteiger partial charge in [0.1, 0.15) is 5.75 Å². The Morgan fingerprint density at radius 2 is 2.05 bits per heavy atom. The van der Waals surface area contributed by atoms with Crippen molar-refractivity contribution in [3.8, 4) is 5.75 Å². The van der Waals surface area contributed by atoms with Gasteiger partial charge < -0.3 is 21.1 Å². The maximum atomic E-state index is 11.8. The van der Waals surface area contributed by atoms with Crippen LogP contribution in [0.15, 0.2) is 24.3 Å². The van der Waals surface area contributed by atoms with Gasteiger partial charge in [0, 0.05) is 13.1 Å². The standard InChI is InChI=1S/C14H23N3O2/c1-3-17(2)9-8-16-14(19)13(15)10-11-4-6-12(18)7-5-11/h4-7,13,18H,3,8-10,15H2,1-2H3,(H,16,19). The number of nitrogens with one attached hydrogen (secondary N) is 1. The first kappa shape index (κ1) is 15.5. The average molecular weight is 265 g/mol. The molecule has 5 heteroatoms. The van der Waals surface area contributed by atoms with Crippen LogP contribution in [0.4, 0.5) is 0 Å². The number of likely N-dealkylation sites (N-methyl/N-ethyl adjacent to an activating group) is 1. The molecule has 0 bridgehead atoms. The third-order valence-corrected chi connectivity index (χ3v) is 3.06. The Kier molecular flexibility index (Phi) is 6.32. The number of benzene rings is 1. The number of nitrogens with two attached hydrogens (primary N) is 1. The summed E-state index contributed by atoms with van der Waals surface area (Å²) in [5, 5.41) is 12.0. The van der Waals surface area contributed by atoms with Gasteiger partial charge in [0.2, 0.25) is 5.91 Å². The molecule has 1 rings (SSSR count). The van der Waals surface area contributed by atoms with Gasteiger partial charge in [-0.15, -0.1) is 0 Å². The second kappa shape index (κ2) is 7.76. The summed E-state index contributed by atoms with van der Waals surface area (Å²) in [5.41, 5.74) is 6.78. The van der Waals surface area contributed by atoms with Gasteiger partial charge >= 0.3 is 0 Å². The van der Waals surface area contributed by atoms with Crippen molar-refractivity contribution in [3.05, 3.63) is 29.8 Å². The molecule has 0 aromatic heterocycles. The maximum absolute atomic E-state index is 11.8. The van der Waals surface area contributed by atoms with Gasteiger partial charge in [0.15, 0.2) is 0 Å². The van der Waals surface area contributed by atoms with Crippen molar-refractivity contribution in [2.75, 3.05) is 26.7 Å². The van der Waals surface area contributed by atoms with Crippen molar-refractivity contribution in [3.63, 3.8) is 0 Å². The summed E-state index contributed by atoms with van der Waals surface area (Å²) in [6.45, 7) is 4.44. The van der Waals surface area contributed by atoms with E-state index in [1.165, 1.54) is 0 Å². The summed E-state index contributed by atoms with van der Waals surface area (Å²) in [6, 6.07) is 6.17. The van der Waals surface area contributed by atoms with E-state index in [1.807, 2.05) is 7.05 Å². The fourth-order valence-electron chi connectivity index (χ4n) is 1.64. The van der Waals surface area contributed by atoms with Gasteiger partial charge in [-0.25, -0.2) is 0 Å². The van der Waals surface area contributed by atoms with Crippen LogP contribution in [0.5, 0.6) is 5.75 Å². The third-order valence-electron chi connectivity index (χ3n) is 3.06. The molecule has 0 aliphatic carbocycles. The Balaban J connectivity index is 2.34. The molecule has 0 spiro atoms. The number of carbonyl (C=O) groups is 1. The molecule has 0 aliphatic rings. The number of hydrogen-bond acceptors (Lipinski definition) is 4. The van der Waals surface area contributed by atoms with Crippen molar-refractivity contribution in [2.45, 2.75) is 19.4 Å². The summed E-state index contributed by atoms with van der Waals surface area (Å²) in [5.74, 6) is 0.0713. The lowest BCUT2D eigenvalue weighted by molar-refractivity contribution is -0.122. The molecule has 0 saturated carbocycles. The van der Waals surface area contributed by atoms with Crippen molar-refractivity contribution >= 4 is 5.91 Å². The first-order valence-electron chi connectivity index (χ1n) is 6.52. The van der Waals surface area contributed by atoms with E-state index in [9.17, 15) is 9.90 Å². The predicted molar refractivity (Wildman–Crippen MR) is 76.0 cm³/mol. The molecule has 1 aromatic carbocycles. The van der Waals surface area contributed by atoms with Gasteiger partial charge in [-0.2, -0.15) is 0 Å². The molecule has 0 heterocycles. The molecular weight excluding hydrogens is 242 g/mol. The minimum atomic E-state index is -0.559. The van der Waals surface area contributed by atoms with E-state index in [2.05, 4.69) is 17.1 Å². The van der Waals surface area contributed by atoms with Crippen LogP contribution in [0.25, 0.3) is 0 Å². The molecule has 0 fully saturated rings. The summed E-state index contributed by atoms with van der Waals surface area (Å²) in [6.07, 6.45) is 0.468. The second-order valence-electron chi connectivity index (χ2n) is 4.66. The smallest absolute Gasteiger partial charge is 0.237 e. The van der Waals surface area contributed by atoms with Crippen LogP contribution in [-0.2, 0) is 11.2 Å². The quantitative estimate of drug-likeness (QED) is 0.664. The lowest BCUT2D eigenvalue weighted by Crippen LogP contribution is -2.44. The molecule has 19 heavy (non-hydrogen) atoms. The summed E-state index contributed by atoms with van der Waals surface area (Å²) >= 11 is 0. The van der Waals surface area contributed by atoms with Crippen LogP contribution in [0.3, 0.4) is 0 Å². The number of phenols is 1. The molecule has 4 N–H and O–H groups in total. The molecule has 0 saturated heterocycles. The molecule has 1 unspecified atom stereocenters. The van der Waals surface area contributed by atoms with E-state index in [0.717, 1.165) is 18.7 Å². The third kappa shape index (κ3) is 5.72. The van der Waals surface area contributed by atoms with E-state index in [1.54, 1.807) is 24.3 Å². The zero-order valence-electron chi connectivity index (χ0n) is 11.6. The fourth-order valence-corrected chi connectivity index (χ4v) is 1.64. The summed E-state index contributed by atoms with van der Waals surface area (Å²) < 4.78 is 0. The monoisotopic (exact) mass is 265 g/mol. The number of carbonyl (C=O) groups excluding carboxylic acids is 1. The van der Waals surface area contributed by atoms with Crippen molar-refractivity contribution < 1.29 is 9.90 Å². The lowest BCUT2D eigenvalue weighted by atomic mass is 10.1. The Hall–Kier alpha value is -1.59. The van der Waals surface area contributed by atoms with Crippen LogP contribution in [-0.4, -0.2) is 48.6 Å². The normalized spacial score (nSPS) is 12.4. The zero-order valence-corrected chi connectivity index (χ0v) is 11.6. The molecule has 1 atom stereocenters. The van der Waals surface area contributed by atoms with Gasteiger partial charge in [-0.1, -0.05) is 19.1 Å². The highest BCUT2D eigenvalue weighted by molar-refractivity contribution is 5.81. The number of hydrogen-bond donors (Lipinski definition) is 3. The lowest BCUT2D eigenvalue weighted by Gasteiger charge is -2.16. The molecule has 106 valence electrons. The van der Waals surface area contributed by atoms with E-state index in [-0.39, 0.29) is 11.7 Å². The molecule has 5 nitrogen and oxygen atoms in total. The van der Waals surface area contributed by atoms with Crippen LogP contribution in [0, 0.1) is 0 Å². The maximum Gasteiger partial charge on any atom is 0.237 e. The second-order valence-corrected chi connectivity index (χ2v) is 4.66. The van der Waals surface area contributed by atoms with Gasteiger partial charge in [-0.3, -0.25) is 4.79 Å². The molecule has 0 radical (unpaired) electrons. The number of nitrogens with zero attached hydrogens (tertiary/aromatic N) is 1. The number of rotatable bonds is 7. The topological polar surface area (TPSA) is 78.6 Å². The van der Waals surface area contributed by atoms with Gasteiger partial charge in [0.25, 0.3) is 0 Å². The Bertz CT molecular complexity index is 392. The molecular formula is C14H23N3O2. The largest absolute Gasteiger partial charge is 0.508 e. The molecule has 0 aliphatic heterocycles. The SMILES string of the molecule is CCN(C)CCNC(=O)C(N)Cc1ccc(O)cc1.